The molecule has 5 nitrogen and oxygen atoms in total. The van der Waals surface area contributed by atoms with Crippen LogP contribution < -0.4 is 0 Å². The van der Waals surface area contributed by atoms with Crippen molar-refractivity contribution in [1.82, 2.24) is 9.88 Å². The highest BCUT2D eigenvalue weighted by molar-refractivity contribution is 6.01. The summed E-state index contributed by atoms with van der Waals surface area (Å²) >= 11 is 0. The second-order valence-electron chi connectivity index (χ2n) is 6.90. The number of para-hydroxylation sites is 1. The first kappa shape index (κ1) is 15.5. The third-order valence-corrected chi connectivity index (χ3v) is 5.51. The number of carbonyl (C=O) groups is 1. The van der Waals surface area contributed by atoms with Crippen molar-refractivity contribution in [3.05, 3.63) is 41.1 Å². The van der Waals surface area contributed by atoms with E-state index in [1.807, 2.05) is 43.0 Å². The first-order valence-electron chi connectivity index (χ1n) is 8.48. The van der Waals surface area contributed by atoms with Crippen molar-refractivity contribution in [3.63, 3.8) is 0 Å². The largest absolute Gasteiger partial charge is 0.396 e. The molecule has 0 spiro atoms. The second kappa shape index (κ2) is 5.83. The smallest absolute Gasteiger partial charge is 0.256 e. The molecule has 1 aromatic heterocycles. The summed E-state index contributed by atoms with van der Waals surface area (Å²) in [7, 11) is 0. The van der Waals surface area contributed by atoms with Crippen LogP contribution in [0.15, 0.2) is 24.3 Å². The highest BCUT2D eigenvalue weighted by atomic mass is 16.5. The number of benzene rings is 1. The van der Waals surface area contributed by atoms with Crippen LogP contribution in [0.4, 0.5) is 0 Å². The molecular formula is C19H22N2O3. The van der Waals surface area contributed by atoms with Crippen molar-refractivity contribution in [1.29, 1.82) is 0 Å². The summed E-state index contributed by atoms with van der Waals surface area (Å²) in [4.78, 5) is 19.6. The van der Waals surface area contributed by atoms with Crippen LogP contribution in [-0.2, 0) is 4.74 Å². The van der Waals surface area contributed by atoms with Crippen LogP contribution in [0.5, 0.6) is 0 Å². The van der Waals surface area contributed by atoms with Crippen molar-refractivity contribution in [3.8, 4) is 0 Å². The Kier molecular flexibility index (Phi) is 3.77. The second-order valence-corrected chi connectivity index (χ2v) is 6.90. The van der Waals surface area contributed by atoms with Gasteiger partial charge in [-0.15, -0.1) is 0 Å². The van der Waals surface area contributed by atoms with E-state index in [1.54, 1.807) is 0 Å². The van der Waals surface area contributed by atoms with E-state index in [-0.39, 0.29) is 30.5 Å². The molecule has 0 bridgehead atoms. The Labute approximate surface area is 141 Å². The molecule has 0 radical (unpaired) electrons. The quantitative estimate of drug-likeness (QED) is 0.916. The predicted molar refractivity (Wildman–Crippen MR) is 90.9 cm³/mol. The Balaban J connectivity index is 1.67. The molecule has 5 heteroatoms. The molecule has 1 N–H and O–H groups in total. The van der Waals surface area contributed by atoms with Crippen LogP contribution in [0.1, 0.15) is 21.6 Å². The molecule has 1 amide bonds. The highest BCUT2D eigenvalue weighted by Crippen LogP contribution is 2.35. The lowest BCUT2D eigenvalue weighted by Crippen LogP contribution is -2.32. The van der Waals surface area contributed by atoms with Gasteiger partial charge in [0, 0.05) is 36.9 Å². The first-order valence-corrected chi connectivity index (χ1v) is 8.48. The van der Waals surface area contributed by atoms with Crippen LogP contribution in [0.25, 0.3) is 10.9 Å². The Morgan fingerprint density at radius 1 is 1.33 bits per heavy atom. The van der Waals surface area contributed by atoms with Crippen molar-refractivity contribution >= 4 is 16.8 Å². The number of hydrogen-bond acceptors (Lipinski definition) is 4. The average molecular weight is 326 g/mol. The fourth-order valence-electron chi connectivity index (χ4n) is 4.16. The molecule has 24 heavy (non-hydrogen) atoms. The zero-order valence-electron chi connectivity index (χ0n) is 14.0. The van der Waals surface area contributed by atoms with E-state index >= 15 is 0 Å². The van der Waals surface area contributed by atoms with Crippen LogP contribution in [0.2, 0.25) is 0 Å². The number of likely N-dealkylation sites (tertiary alicyclic amines) is 1. The van der Waals surface area contributed by atoms with Gasteiger partial charge in [-0.3, -0.25) is 9.78 Å². The molecule has 0 aliphatic carbocycles. The number of fused-ring (bicyclic) bond motifs is 2. The minimum absolute atomic E-state index is 0.0259. The van der Waals surface area contributed by atoms with E-state index < -0.39 is 0 Å². The van der Waals surface area contributed by atoms with E-state index in [1.165, 1.54) is 0 Å². The lowest BCUT2D eigenvalue weighted by Gasteiger charge is -2.21. The van der Waals surface area contributed by atoms with Gasteiger partial charge in [-0.25, -0.2) is 0 Å². The van der Waals surface area contributed by atoms with Gasteiger partial charge in [0.1, 0.15) is 0 Å². The maximum Gasteiger partial charge on any atom is 0.256 e. The molecule has 2 aliphatic heterocycles. The minimum Gasteiger partial charge on any atom is -0.396 e. The van der Waals surface area contributed by atoms with Gasteiger partial charge < -0.3 is 14.7 Å². The number of nitrogens with zero attached hydrogens (tertiary/aromatic N) is 2. The van der Waals surface area contributed by atoms with Crippen molar-refractivity contribution in [2.75, 3.05) is 26.3 Å². The van der Waals surface area contributed by atoms with Crippen molar-refractivity contribution < 1.29 is 14.6 Å². The van der Waals surface area contributed by atoms with Crippen LogP contribution in [-0.4, -0.2) is 53.3 Å². The standard InChI is InChI=1S/C19H22N2O3/c1-11-14-5-3-4-6-16(14)20-12(2)18(11)19(23)21-7-15-13(9-22)10-24-17(15)8-21/h3-6,13,15,17,22H,7-10H2,1-2H3/t13-,15-,17-/m0/s1. The number of carbonyl (C=O) groups excluding carboxylic acids is 1. The number of hydrogen-bond donors (Lipinski definition) is 1. The number of amides is 1. The molecule has 2 saturated heterocycles. The number of aliphatic hydroxyl groups is 1. The highest BCUT2D eigenvalue weighted by Gasteiger charge is 2.45. The molecule has 2 fully saturated rings. The molecule has 3 heterocycles. The summed E-state index contributed by atoms with van der Waals surface area (Å²) in [5, 5.41) is 10.5. The first-order chi connectivity index (χ1) is 11.6. The zero-order chi connectivity index (χ0) is 16.8. The lowest BCUT2D eigenvalue weighted by atomic mass is 9.94. The maximum absolute atomic E-state index is 13.1. The molecule has 3 atom stereocenters. The molecule has 0 unspecified atom stereocenters. The summed E-state index contributed by atoms with van der Waals surface area (Å²) in [5.74, 6) is 0.413. The minimum atomic E-state index is 0.0259. The molecular weight excluding hydrogens is 304 g/mol. The zero-order valence-corrected chi connectivity index (χ0v) is 14.0. The van der Waals surface area contributed by atoms with E-state index in [0.29, 0.717) is 25.3 Å². The Hall–Kier alpha value is -1.98. The van der Waals surface area contributed by atoms with E-state index in [9.17, 15) is 9.90 Å². The normalized spacial score (nSPS) is 26.1. The molecule has 2 aromatic rings. The summed E-state index contributed by atoms with van der Waals surface area (Å²) in [6, 6.07) is 7.92. The van der Waals surface area contributed by atoms with E-state index in [0.717, 1.165) is 22.2 Å². The van der Waals surface area contributed by atoms with Gasteiger partial charge in [-0.05, 0) is 25.5 Å². The molecule has 1 aromatic carbocycles. The number of rotatable bonds is 2. The summed E-state index contributed by atoms with van der Waals surface area (Å²) in [6.45, 7) is 5.87. The van der Waals surface area contributed by atoms with Crippen LogP contribution in [0, 0.1) is 25.7 Å². The maximum atomic E-state index is 13.1. The van der Waals surface area contributed by atoms with Gasteiger partial charge in [-0.1, -0.05) is 18.2 Å². The van der Waals surface area contributed by atoms with Gasteiger partial charge in [0.15, 0.2) is 0 Å². The number of aromatic nitrogens is 1. The monoisotopic (exact) mass is 326 g/mol. The van der Waals surface area contributed by atoms with Crippen molar-refractivity contribution in [2.24, 2.45) is 11.8 Å². The number of pyridine rings is 1. The number of aliphatic hydroxyl groups excluding tert-OH is 1. The number of ether oxygens (including phenoxy) is 1. The Morgan fingerprint density at radius 2 is 2.12 bits per heavy atom. The third kappa shape index (κ3) is 2.31. The van der Waals surface area contributed by atoms with Crippen LogP contribution >= 0.6 is 0 Å². The fraction of sp³-hybridized carbons (Fsp3) is 0.474. The molecule has 0 saturated carbocycles. The summed E-state index contributed by atoms with van der Waals surface area (Å²) < 4.78 is 5.76. The predicted octanol–water partition coefficient (Wildman–Crippen LogP) is 1.93. The van der Waals surface area contributed by atoms with Crippen LogP contribution in [0.3, 0.4) is 0 Å². The van der Waals surface area contributed by atoms with Gasteiger partial charge in [0.05, 0.1) is 29.5 Å². The SMILES string of the molecule is Cc1nc2ccccc2c(C)c1C(=O)N1C[C@H]2[C@@H](CO)CO[C@H]2C1. The molecule has 126 valence electrons. The Morgan fingerprint density at radius 3 is 2.92 bits per heavy atom. The topological polar surface area (TPSA) is 62.7 Å². The van der Waals surface area contributed by atoms with E-state index in [4.69, 9.17) is 4.74 Å². The van der Waals surface area contributed by atoms with Gasteiger partial charge in [0.25, 0.3) is 5.91 Å². The Bertz CT molecular complexity index is 805. The van der Waals surface area contributed by atoms with Crippen molar-refractivity contribution in [2.45, 2.75) is 20.0 Å². The molecule has 2 aliphatic rings. The fourth-order valence-corrected chi connectivity index (χ4v) is 4.16. The van der Waals surface area contributed by atoms with Gasteiger partial charge in [-0.2, -0.15) is 0 Å². The van der Waals surface area contributed by atoms with Gasteiger partial charge in [0.2, 0.25) is 0 Å². The van der Waals surface area contributed by atoms with E-state index in [2.05, 4.69) is 4.98 Å². The lowest BCUT2D eigenvalue weighted by molar-refractivity contribution is 0.0654. The third-order valence-electron chi connectivity index (χ3n) is 5.51. The van der Waals surface area contributed by atoms with Gasteiger partial charge >= 0.3 is 0 Å². The summed E-state index contributed by atoms with van der Waals surface area (Å²) in [5.41, 5.74) is 3.38. The number of aryl methyl sites for hydroxylation is 2. The average Bonchev–Trinajstić information content (AvgIpc) is 3.15. The molecule has 4 rings (SSSR count). The summed E-state index contributed by atoms with van der Waals surface area (Å²) in [6.07, 6.45) is 0.0557.